The number of hydrogen-bond donors (Lipinski definition) is 0. The smallest absolute Gasteiger partial charge is 0.0480 e. The van der Waals surface area contributed by atoms with Crippen LogP contribution in [0.3, 0.4) is 0 Å². The first-order chi connectivity index (χ1) is 9.54. The van der Waals surface area contributed by atoms with E-state index in [9.17, 15) is 0 Å². The summed E-state index contributed by atoms with van der Waals surface area (Å²) in [5.41, 5.74) is 1.70. The van der Waals surface area contributed by atoms with Crippen molar-refractivity contribution in [2.45, 2.75) is 45.7 Å². The van der Waals surface area contributed by atoms with Crippen molar-refractivity contribution in [1.29, 1.82) is 0 Å². The number of piperidine rings is 1. The summed E-state index contributed by atoms with van der Waals surface area (Å²) in [5, 5.41) is 1.36. The van der Waals surface area contributed by atoms with Crippen molar-refractivity contribution >= 4 is 10.9 Å². The molecule has 108 valence electrons. The first-order valence-corrected chi connectivity index (χ1v) is 7.83. The fourth-order valence-electron chi connectivity index (χ4n) is 3.36. The Labute approximate surface area is 122 Å². The number of hydrogen-bond acceptors (Lipinski definition) is 1. The van der Waals surface area contributed by atoms with E-state index in [2.05, 4.69) is 66.8 Å². The first kappa shape index (κ1) is 13.7. The molecule has 2 aromatic rings. The number of aromatic nitrogens is 1. The van der Waals surface area contributed by atoms with Crippen LogP contribution in [0, 0.1) is 5.92 Å². The molecule has 2 nitrogen and oxygen atoms in total. The van der Waals surface area contributed by atoms with Crippen molar-refractivity contribution in [3.8, 4) is 0 Å². The maximum absolute atomic E-state index is 2.62. The van der Waals surface area contributed by atoms with E-state index >= 15 is 0 Å². The zero-order valence-corrected chi connectivity index (χ0v) is 13.0. The molecule has 0 radical (unpaired) electrons. The predicted octanol–water partition coefficient (Wildman–Crippen LogP) is 4.15. The van der Waals surface area contributed by atoms with E-state index in [-0.39, 0.29) is 0 Å². The van der Waals surface area contributed by atoms with Crippen LogP contribution in [0.4, 0.5) is 0 Å². The van der Waals surface area contributed by atoms with Gasteiger partial charge in [0.15, 0.2) is 0 Å². The summed E-state index contributed by atoms with van der Waals surface area (Å²) >= 11 is 0. The molecule has 0 saturated carbocycles. The summed E-state index contributed by atoms with van der Waals surface area (Å²) in [6.07, 6.45) is 4.90. The van der Waals surface area contributed by atoms with Crippen molar-refractivity contribution < 1.29 is 0 Å². The quantitative estimate of drug-likeness (QED) is 0.796. The van der Waals surface area contributed by atoms with Crippen molar-refractivity contribution in [1.82, 2.24) is 9.47 Å². The molecule has 0 bridgehead atoms. The van der Waals surface area contributed by atoms with Crippen LogP contribution >= 0.6 is 0 Å². The molecular weight excluding hydrogens is 244 g/mol. The molecule has 2 heterocycles. The number of rotatable bonds is 2. The van der Waals surface area contributed by atoms with Gasteiger partial charge in [0.25, 0.3) is 0 Å². The van der Waals surface area contributed by atoms with Crippen LogP contribution in [0.5, 0.6) is 0 Å². The third-order valence-corrected chi connectivity index (χ3v) is 4.70. The Balaban J connectivity index is 1.65. The molecule has 0 spiro atoms. The SMILES string of the molecule is CC(C)(C)N1CCC(Cn2ccc3ccccc32)CC1. The second kappa shape index (κ2) is 5.25. The van der Waals surface area contributed by atoms with E-state index in [1.807, 2.05) is 0 Å². The van der Waals surface area contributed by atoms with Crippen molar-refractivity contribution in [2.75, 3.05) is 13.1 Å². The lowest BCUT2D eigenvalue weighted by molar-refractivity contribution is 0.0834. The van der Waals surface area contributed by atoms with E-state index in [1.54, 1.807) is 0 Å². The maximum Gasteiger partial charge on any atom is 0.0480 e. The molecule has 1 aliphatic heterocycles. The summed E-state index contributed by atoms with van der Waals surface area (Å²) in [4.78, 5) is 2.62. The molecule has 0 aliphatic carbocycles. The topological polar surface area (TPSA) is 8.17 Å². The second-order valence-corrected chi connectivity index (χ2v) is 7.13. The van der Waals surface area contributed by atoms with E-state index in [0.717, 1.165) is 5.92 Å². The monoisotopic (exact) mass is 270 g/mol. The number of benzene rings is 1. The molecule has 0 amide bonds. The Kier molecular flexibility index (Phi) is 3.59. The zero-order chi connectivity index (χ0) is 14.2. The van der Waals surface area contributed by atoms with Crippen molar-refractivity contribution in [2.24, 2.45) is 5.92 Å². The molecule has 1 fully saturated rings. The van der Waals surface area contributed by atoms with Gasteiger partial charge in [0.05, 0.1) is 0 Å². The van der Waals surface area contributed by atoms with Gasteiger partial charge in [-0.15, -0.1) is 0 Å². The first-order valence-electron chi connectivity index (χ1n) is 7.83. The number of likely N-dealkylation sites (tertiary alicyclic amines) is 1. The van der Waals surface area contributed by atoms with Gasteiger partial charge < -0.3 is 4.57 Å². The van der Waals surface area contributed by atoms with Gasteiger partial charge in [-0.1, -0.05) is 18.2 Å². The van der Waals surface area contributed by atoms with Gasteiger partial charge in [0.2, 0.25) is 0 Å². The lowest BCUT2D eigenvalue weighted by Gasteiger charge is -2.41. The normalized spacial score (nSPS) is 18.8. The zero-order valence-electron chi connectivity index (χ0n) is 13.0. The molecule has 0 unspecified atom stereocenters. The van der Waals surface area contributed by atoms with Crippen molar-refractivity contribution in [3.05, 3.63) is 36.5 Å². The van der Waals surface area contributed by atoms with Gasteiger partial charge in [0, 0.05) is 23.8 Å². The lowest BCUT2D eigenvalue weighted by atomic mass is 9.93. The van der Waals surface area contributed by atoms with Crippen LogP contribution in [-0.2, 0) is 6.54 Å². The fourth-order valence-corrected chi connectivity index (χ4v) is 3.36. The number of fused-ring (bicyclic) bond motifs is 1. The predicted molar refractivity (Wildman–Crippen MR) is 86.0 cm³/mol. The number of para-hydroxylation sites is 1. The Morgan fingerprint density at radius 2 is 1.75 bits per heavy atom. The fraction of sp³-hybridized carbons (Fsp3) is 0.556. The van der Waals surface area contributed by atoms with E-state index < -0.39 is 0 Å². The third kappa shape index (κ3) is 2.76. The number of nitrogens with zero attached hydrogens (tertiary/aromatic N) is 2. The van der Waals surface area contributed by atoms with Gasteiger partial charge in [0.1, 0.15) is 0 Å². The summed E-state index contributed by atoms with van der Waals surface area (Å²) in [7, 11) is 0. The minimum atomic E-state index is 0.325. The largest absolute Gasteiger partial charge is 0.347 e. The molecule has 1 aromatic heterocycles. The van der Waals surface area contributed by atoms with Crippen molar-refractivity contribution in [3.63, 3.8) is 0 Å². The maximum atomic E-state index is 2.62. The molecular formula is C18H26N2. The molecule has 3 rings (SSSR count). The summed E-state index contributed by atoms with van der Waals surface area (Å²) in [6.45, 7) is 10.6. The van der Waals surface area contributed by atoms with Crippen LogP contribution < -0.4 is 0 Å². The van der Waals surface area contributed by atoms with E-state index in [1.165, 1.54) is 43.4 Å². The molecule has 0 N–H and O–H groups in total. The van der Waals surface area contributed by atoms with Gasteiger partial charge >= 0.3 is 0 Å². The Morgan fingerprint density at radius 1 is 1.05 bits per heavy atom. The Bertz CT molecular complexity index is 568. The average molecular weight is 270 g/mol. The van der Waals surface area contributed by atoms with Gasteiger partial charge in [-0.25, -0.2) is 0 Å². The van der Waals surface area contributed by atoms with Crippen LogP contribution in [-0.4, -0.2) is 28.1 Å². The highest BCUT2D eigenvalue weighted by Gasteiger charge is 2.27. The van der Waals surface area contributed by atoms with Crippen LogP contribution in [0.15, 0.2) is 36.5 Å². The van der Waals surface area contributed by atoms with Gasteiger partial charge in [-0.05, 0) is 70.1 Å². The minimum absolute atomic E-state index is 0.325. The molecule has 20 heavy (non-hydrogen) atoms. The standard InChI is InChI=1S/C18H26N2/c1-18(2,3)20-12-8-15(9-13-20)14-19-11-10-16-6-4-5-7-17(16)19/h4-7,10-11,15H,8-9,12-14H2,1-3H3. The van der Waals surface area contributed by atoms with E-state index in [4.69, 9.17) is 0 Å². The Morgan fingerprint density at radius 3 is 2.45 bits per heavy atom. The third-order valence-electron chi connectivity index (χ3n) is 4.70. The van der Waals surface area contributed by atoms with Crippen LogP contribution in [0.25, 0.3) is 10.9 Å². The molecule has 2 heteroatoms. The lowest BCUT2D eigenvalue weighted by Crippen LogP contribution is -2.46. The average Bonchev–Trinajstić information content (AvgIpc) is 2.82. The molecule has 0 atom stereocenters. The second-order valence-electron chi connectivity index (χ2n) is 7.13. The van der Waals surface area contributed by atoms with Gasteiger partial charge in [-0.2, -0.15) is 0 Å². The molecule has 1 aromatic carbocycles. The van der Waals surface area contributed by atoms with Crippen LogP contribution in [0.1, 0.15) is 33.6 Å². The summed E-state index contributed by atoms with van der Waals surface area (Å²) < 4.78 is 2.44. The highest BCUT2D eigenvalue weighted by Crippen LogP contribution is 2.26. The van der Waals surface area contributed by atoms with Crippen LogP contribution in [0.2, 0.25) is 0 Å². The highest BCUT2D eigenvalue weighted by molar-refractivity contribution is 5.79. The molecule has 1 saturated heterocycles. The highest BCUT2D eigenvalue weighted by atomic mass is 15.2. The summed E-state index contributed by atoms with van der Waals surface area (Å²) in [6, 6.07) is 10.9. The Hall–Kier alpha value is -1.28. The summed E-state index contributed by atoms with van der Waals surface area (Å²) in [5.74, 6) is 0.824. The minimum Gasteiger partial charge on any atom is -0.347 e. The molecule has 1 aliphatic rings. The van der Waals surface area contributed by atoms with Gasteiger partial charge in [-0.3, -0.25) is 4.90 Å². The van der Waals surface area contributed by atoms with E-state index in [0.29, 0.717) is 5.54 Å².